The normalized spacial score (nSPS) is 25.5. The van der Waals surface area contributed by atoms with E-state index in [9.17, 15) is 9.59 Å². The van der Waals surface area contributed by atoms with Crippen molar-refractivity contribution in [2.75, 3.05) is 19.8 Å². The van der Waals surface area contributed by atoms with Gasteiger partial charge in [0.2, 0.25) is 5.91 Å². The second kappa shape index (κ2) is 6.56. The lowest BCUT2D eigenvalue weighted by atomic mass is 10.0. The van der Waals surface area contributed by atoms with Crippen molar-refractivity contribution in [1.29, 1.82) is 0 Å². The van der Waals surface area contributed by atoms with Gasteiger partial charge >= 0.3 is 5.97 Å². The summed E-state index contributed by atoms with van der Waals surface area (Å²) < 4.78 is 5.26. The van der Waals surface area contributed by atoms with Crippen LogP contribution in [0, 0.1) is 5.92 Å². The van der Waals surface area contributed by atoms with Crippen molar-refractivity contribution in [1.82, 2.24) is 10.6 Å². The summed E-state index contributed by atoms with van der Waals surface area (Å²) in [5.41, 5.74) is 0. The molecular formula is C11H20N2O4. The summed E-state index contributed by atoms with van der Waals surface area (Å²) in [6.45, 7) is 5.17. The van der Waals surface area contributed by atoms with E-state index in [1.165, 1.54) is 6.92 Å². The van der Waals surface area contributed by atoms with Crippen LogP contribution in [-0.4, -0.2) is 48.8 Å². The Morgan fingerprint density at radius 1 is 1.47 bits per heavy atom. The largest absolute Gasteiger partial charge is 0.480 e. The van der Waals surface area contributed by atoms with Crippen LogP contribution in [0.5, 0.6) is 0 Å². The molecule has 0 aromatic carbocycles. The van der Waals surface area contributed by atoms with Crippen molar-refractivity contribution in [3.05, 3.63) is 0 Å². The van der Waals surface area contributed by atoms with Crippen LogP contribution >= 0.6 is 0 Å². The zero-order chi connectivity index (χ0) is 12.8. The van der Waals surface area contributed by atoms with Crippen molar-refractivity contribution in [2.45, 2.75) is 32.4 Å². The van der Waals surface area contributed by atoms with Gasteiger partial charge in [0.05, 0.1) is 19.1 Å². The predicted molar refractivity (Wildman–Crippen MR) is 61.6 cm³/mol. The van der Waals surface area contributed by atoms with E-state index < -0.39 is 12.0 Å². The van der Waals surface area contributed by atoms with Gasteiger partial charge in [-0.2, -0.15) is 0 Å². The smallest absolute Gasteiger partial charge is 0.325 e. The van der Waals surface area contributed by atoms with Crippen LogP contribution < -0.4 is 10.6 Å². The van der Waals surface area contributed by atoms with Gasteiger partial charge in [0, 0.05) is 6.04 Å². The molecule has 0 spiro atoms. The minimum absolute atomic E-state index is 0.0176. The number of carboxylic acids is 1. The van der Waals surface area contributed by atoms with Gasteiger partial charge in [-0.15, -0.1) is 0 Å². The number of carbonyl (C=O) groups excluding carboxylic acids is 1. The number of amides is 1. The highest BCUT2D eigenvalue weighted by molar-refractivity contribution is 5.85. The fourth-order valence-electron chi connectivity index (χ4n) is 1.73. The number of ether oxygens (including phenoxy) is 1. The summed E-state index contributed by atoms with van der Waals surface area (Å²) in [5.74, 6) is -1.59. The highest BCUT2D eigenvalue weighted by Crippen LogP contribution is 2.14. The molecule has 1 aliphatic heterocycles. The van der Waals surface area contributed by atoms with Crippen molar-refractivity contribution in [3.63, 3.8) is 0 Å². The summed E-state index contributed by atoms with van der Waals surface area (Å²) in [7, 11) is 0. The molecule has 6 nitrogen and oxygen atoms in total. The molecule has 1 saturated heterocycles. The third-order valence-corrected chi connectivity index (χ3v) is 2.80. The number of carboxylic acid groups (broad SMARTS) is 1. The molecule has 6 heteroatoms. The third kappa shape index (κ3) is 3.98. The van der Waals surface area contributed by atoms with Crippen LogP contribution in [-0.2, 0) is 14.3 Å². The molecule has 2 unspecified atom stereocenters. The average Bonchev–Trinajstić information content (AvgIpc) is 2.74. The van der Waals surface area contributed by atoms with Crippen molar-refractivity contribution < 1.29 is 19.4 Å². The first kappa shape index (κ1) is 13.9. The fourth-order valence-corrected chi connectivity index (χ4v) is 1.73. The van der Waals surface area contributed by atoms with E-state index in [0.717, 1.165) is 13.0 Å². The first-order valence-electron chi connectivity index (χ1n) is 5.90. The standard InChI is InChI=1S/C11H20N2O4/c1-3-4-12-9-6-17-5-8(9)10(14)13-7(2)11(15)16/h7-9,12H,3-6H2,1-2H3,(H,13,14)(H,15,16)/t7-,8?,9?/m1/s1. The Kier molecular flexibility index (Phi) is 5.37. The monoisotopic (exact) mass is 244 g/mol. The lowest BCUT2D eigenvalue weighted by molar-refractivity contribution is -0.142. The van der Waals surface area contributed by atoms with Gasteiger partial charge in [0.25, 0.3) is 0 Å². The van der Waals surface area contributed by atoms with Gasteiger partial charge in [0.15, 0.2) is 0 Å². The van der Waals surface area contributed by atoms with Gasteiger partial charge in [-0.3, -0.25) is 9.59 Å². The lowest BCUT2D eigenvalue weighted by Gasteiger charge is -2.19. The highest BCUT2D eigenvalue weighted by Gasteiger charge is 2.34. The predicted octanol–water partition coefficient (Wildman–Crippen LogP) is -0.410. The zero-order valence-electron chi connectivity index (χ0n) is 10.2. The van der Waals surface area contributed by atoms with Crippen molar-refractivity contribution in [2.24, 2.45) is 5.92 Å². The molecule has 17 heavy (non-hydrogen) atoms. The maximum atomic E-state index is 11.8. The third-order valence-electron chi connectivity index (χ3n) is 2.80. The minimum atomic E-state index is -1.03. The number of hydrogen-bond acceptors (Lipinski definition) is 4. The van der Waals surface area contributed by atoms with E-state index in [1.807, 2.05) is 6.92 Å². The molecule has 1 heterocycles. The van der Waals surface area contributed by atoms with Crippen LogP contribution in [0.4, 0.5) is 0 Å². The lowest BCUT2D eigenvalue weighted by Crippen LogP contribution is -2.48. The second-order valence-electron chi connectivity index (χ2n) is 4.27. The number of aliphatic carboxylic acids is 1. The van der Waals surface area contributed by atoms with E-state index in [0.29, 0.717) is 13.2 Å². The summed E-state index contributed by atoms with van der Waals surface area (Å²) in [6.07, 6.45) is 0.983. The Balaban J connectivity index is 2.46. The van der Waals surface area contributed by atoms with E-state index >= 15 is 0 Å². The minimum Gasteiger partial charge on any atom is -0.480 e. The summed E-state index contributed by atoms with van der Waals surface area (Å²) >= 11 is 0. The molecule has 1 rings (SSSR count). The van der Waals surface area contributed by atoms with Crippen LogP contribution in [0.15, 0.2) is 0 Å². The maximum absolute atomic E-state index is 11.8. The number of carbonyl (C=O) groups is 2. The number of rotatable bonds is 6. The molecule has 0 aliphatic carbocycles. The SMILES string of the molecule is CCCNC1COCC1C(=O)N[C@H](C)C(=O)O. The van der Waals surface area contributed by atoms with Gasteiger partial charge in [-0.1, -0.05) is 6.92 Å². The molecule has 1 fully saturated rings. The number of nitrogens with one attached hydrogen (secondary N) is 2. The Morgan fingerprint density at radius 3 is 2.76 bits per heavy atom. The molecule has 3 N–H and O–H groups in total. The average molecular weight is 244 g/mol. The van der Waals surface area contributed by atoms with E-state index in [4.69, 9.17) is 9.84 Å². The van der Waals surface area contributed by atoms with Gasteiger partial charge in [-0.25, -0.2) is 0 Å². The van der Waals surface area contributed by atoms with E-state index in [-0.39, 0.29) is 17.9 Å². The number of hydrogen-bond donors (Lipinski definition) is 3. The van der Waals surface area contributed by atoms with Crippen molar-refractivity contribution in [3.8, 4) is 0 Å². The van der Waals surface area contributed by atoms with Gasteiger partial charge in [-0.05, 0) is 19.9 Å². The molecule has 1 amide bonds. The maximum Gasteiger partial charge on any atom is 0.325 e. The summed E-state index contributed by atoms with van der Waals surface area (Å²) in [4.78, 5) is 22.5. The van der Waals surface area contributed by atoms with Crippen LogP contribution in [0.3, 0.4) is 0 Å². The molecule has 1 aliphatic rings. The van der Waals surface area contributed by atoms with Crippen LogP contribution in [0.2, 0.25) is 0 Å². The second-order valence-corrected chi connectivity index (χ2v) is 4.27. The Labute approximate surface area is 101 Å². The van der Waals surface area contributed by atoms with Crippen molar-refractivity contribution >= 4 is 11.9 Å². The highest BCUT2D eigenvalue weighted by atomic mass is 16.5. The first-order valence-corrected chi connectivity index (χ1v) is 5.90. The first-order chi connectivity index (χ1) is 8.06. The van der Waals surface area contributed by atoms with Gasteiger partial charge in [0.1, 0.15) is 6.04 Å². The fraction of sp³-hybridized carbons (Fsp3) is 0.818. The molecule has 0 radical (unpaired) electrons. The Bertz CT molecular complexity index is 283. The van der Waals surface area contributed by atoms with E-state index in [2.05, 4.69) is 10.6 Å². The van der Waals surface area contributed by atoms with Gasteiger partial charge < -0.3 is 20.5 Å². The Morgan fingerprint density at radius 2 is 2.18 bits per heavy atom. The topological polar surface area (TPSA) is 87.7 Å². The van der Waals surface area contributed by atoms with Crippen LogP contribution in [0.1, 0.15) is 20.3 Å². The molecular weight excluding hydrogens is 224 g/mol. The summed E-state index contributed by atoms with van der Waals surface area (Å²) in [5, 5.41) is 14.4. The van der Waals surface area contributed by atoms with E-state index in [1.54, 1.807) is 0 Å². The molecule has 0 bridgehead atoms. The zero-order valence-corrected chi connectivity index (χ0v) is 10.2. The molecule has 98 valence electrons. The quantitative estimate of drug-likeness (QED) is 0.591. The molecule has 0 aromatic rings. The Hall–Kier alpha value is -1.14. The van der Waals surface area contributed by atoms with Crippen LogP contribution in [0.25, 0.3) is 0 Å². The molecule has 3 atom stereocenters. The molecule has 0 aromatic heterocycles. The summed E-state index contributed by atoms with van der Waals surface area (Å²) in [6, 6.07) is -0.883. The molecule has 0 saturated carbocycles.